The van der Waals surface area contributed by atoms with Crippen molar-refractivity contribution in [3.63, 3.8) is 0 Å². The average molecular weight is 493 g/mol. The van der Waals surface area contributed by atoms with Crippen LogP contribution in [0.15, 0.2) is 43.1 Å². The number of hydrogen-bond acceptors (Lipinski definition) is 9. The molecule has 1 saturated carbocycles. The number of rotatable bonds is 8. The van der Waals surface area contributed by atoms with Gasteiger partial charge in [0.15, 0.2) is 17.7 Å². The van der Waals surface area contributed by atoms with Gasteiger partial charge in [0.2, 0.25) is 5.91 Å². The van der Waals surface area contributed by atoms with E-state index in [1.54, 1.807) is 4.57 Å². The highest BCUT2D eigenvalue weighted by Gasteiger charge is 2.44. The first-order valence-electron chi connectivity index (χ1n) is 12.0. The Kier molecular flexibility index (Phi) is 5.80. The van der Waals surface area contributed by atoms with Crippen LogP contribution < -0.4 is 16.4 Å². The van der Waals surface area contributed by atoms with E-state index in [0.29, 0.717) is 30.3 Å². The molecule has 1 saturated heterocycles. The fraction of sp³-hybridized carbons (Fsp3) is 0.417. The van der Waals surface area contributed by atoms with Crippen LogP contribution in [0.4, 0.5) is 5.82 Å². The topological polar surface area (TPSA) is 165 Å². The molecule has 188 valence electrons. The van der Waals surface area contributed by atoms with Gasteiger partial charge in [0, 0.05) is 36.2 Å². The van der Waals surface area contributed by atoms with E-state index in [9.17, 15) is 15.0 Å². The van der Waals surface area contributed by atoms with Crippen molar-refractivity contribution in [2.75, 3.05) is 12.3 Å². The second-order valence-corrected chi connectivity index (χ2v) is 9.40. The molecule has 2 fully saturated rings. The van der Waals surface area contributed by atoms with Crippen LogP contribution in [0.25, 0.3) is 22.1 Å². The zero-order valence-electron chi connectivity index (χ0n) is 19.5. The molecule has 1 amide bonds. The molecule has 0 radical (unpaired) electrons. The van der Waals surface area contributed by atoms with Gasteiger partial charge in [-0.1, -0.05) is 18.2 Å². The minimum absolute atomic E-state index is 0.0133. The molecule has 6 N–H and O–H groups in total. The number of carbonyl (C=O) groups is 1. The highest BCUT2D eigenvalue weighted by atomic mass is 16.6. The second-order valence-electron chi connectivity index (χ2n) is 9.40. The number of nitrogen functional groups attached to an aromatic ring is 1. The van der Waals surface area contributed by atoms with Crippen LogP contribution in [0, 0.1) is 0 Å². The van der Waals surface area contributed by atoms with Gasteiger partial charge in [0.05, 0.1) is 6.33 Å². The van der Waals surface area contributed by atoms with E-state index in [-0.39, 0.29) is 18.3 Å². The van der Waals surface area contributed by atoms with Crippen molar-refractivity contribution in [1.29, 1.82) is 0 Å². The lowest BCUT2D eigenvalue weighted by Crippen LogP contribution is -2.37. The molecular weight excluding hydrogens is 464 g/mol. The monoisotopic (exact) mass is 492 g/mol. The van der Waals surface area contributed by atoms with E-state index in [2.05, 4.69) is 25.6 Å². The first-order valence-corrected chi connectivity index (χ1v) is 12.0. The van der Waals surface area contributed by atoms with Crippen LogP contribution in [0.2, 0.25) is 0 Å². The predicted octanol–water partition coefficient (Wildman–Crippen LogP) is 0.0508. The van der Waals surface area contributed by atoms with Gasteiger partial charge in [-0.05, 0) is 24.5 Å². The highest BCUT2D eigenvalue weighted by molar-refractivity contribution is 5.86. The van der Waals surface area contributed by atoms with E-state index in [4.69, 9.17) is 10.5 Å². The summed E-state index contributed by atoms with van der Waals surface area (Å²) < 4.78 is 9.52. The zero-order chi connectivity index (χ0) is 24.8. The number of anilines is 1. The van der Waals surface area contributed by atoms with Crippen LogP contribution in [0.3, 0.4) is 0 Å². The molecule has 12 heteroatoms. The highest BCUT2D eigenvalue weighted by Crippen LogP contribution is 2.32. The molecule has 6 rings (SSSR count). The quantitative estimate of drug-likeness (QED) is 0.228. The molecule has 0 unspecified atom stereocenters. The second kappa shape index (κ2) is 9.13. The summed E-state index contributed by atoms with van der Waals surface area (Å²) in [6.45, 7) is 1.07. The van der Waals surface area contributed by atoms with Crippen LogP contribution in [-0.4, -0.2) is 71.1 Å². The van der Waals surface area contributed by atoms with E-state index in [0.717, 1.165) is 29.3 Å². The average Bonchev–Trinajstić information content (AvgIpc) is 3.36. The number of amides is 1. The fourth-order valence-electron chi connectivity index (χ4n) is 4.78. The summed E-state index contributed by atoms with van der Waals surface area (Å²) >= 11 is 0. The molecule has 12 nitrogen and oxygen atoms in total. The summed E-state index contributed by atoms with van der Waals surface area (Å²) in [7, 11) is 0. The van der Waals surface area contributed by atoms with Gasteiger partial charge in [0.1, 0.15) is 36.7 Å². The van der Waals surface area contributed by atoms with E-state index in [1.807, 2.05) is 35.0 Å². The molecule has 4 heterocycles. The lowest BCUT2D eigenvalue weighted by Gasteiger charge is -2.16. The lowest BCUT2D eigenvalue weighted by atomic mass is 10.1. The van der Waals surface area contributed by atoms with Crippen LogP contribution in [-0.2, 0) is 22.6 Å². The summed E-state index contributed by atoms with van der Waals surface area (Å²) in [5.74, 6) is 0.244. The summed E-state index contributed by atoms with van der Waals surface area (Å²) in [6, 6.07) is 8.27. The molecule has 0 spiro atoms. The van der Waals surface area contributed by atoms with Crippen molar-refractivity contribution < 1.29 is 19.7 Å². The number of aliphatic hydroxyl groups is 2. The molecule has 1 aliphatic heterocycles. The standard InChI is InChI=1S/C24H28N8O4/c25-22-19-23(28-11-27-22)32(12-29-19)24-21(35)20(34)17(36-24)8-26-7-13-9-31(10-18(33)30-14-5-6-14)16-4-2-1-3-15(13)16/h1-4,9,11-12,14,17,20-21,24,26,34-35H,5-8,10H2,(H,30,33)(H2,25,27,28)/t17-,20-,21-,24-/m1/s1. The summed E-state index contributed by atoms with van der Waals surface area (Å²) in [5, 5.41) is 28.7. The number of para-hydroxylation sites is 1. The fourth-order valence-corrected chi connectivity index (χ4v) is 4.78. The van der Waals surface area contributed by atoms with Crippen molar-refractivity contribution in [3.8, 4) is 0 Å². The number of hydrogen-bond donors (Lipinski definition) is 5. The molecule has 3 aromatic heterocycles. The Labute approximate surface area is 206 Å². The number of fused-ring (bicyclic) bond motifs is 2. The third kappa shape index (κ3) is 4.17. The maximum atomic E-state index is 12.4. The lowest BCUT2D eigenvalue weighted by molar-refractivity contribution is -0.121. The number of aliphatic hydroxyl groups excluding tert-OH is 2. The molecule has 36 heavy (non-hydrogen) atoms. The first-order chi connectivity index (χ1) is 17.5. The zero-order valence-corrected chi connectivity index (χ0v) is 19.5. The molecule has 2 aliphatic rings. The van der Waals surface area contributed by atoms with E-state index in [1.165, 1.54) is 12.7 Å². The Balaban J connectivity index is 1.13. The Bertz CT molecular complexity index is 1410. The first kappa shape index (κ1) is 22.9. The van der Waals surface area contributed by atoms with Gasteiger partial charge < -0.3 is 35.9 Å². The van der Waals surface area contributed by atoms with Crippen molar-refractivity contribution in [3.05, 3.63) is 48.7 Å². The third-order valence-corrected chi connectivity index (χ3v) is 6.79. The third-order valence-electron chi connectivity index (χ3n) is 6.79. The minimum atomic E-state index is -1.17. The predicted molar refractivity (Wildman–Crippen MR) is 130 cm³/mol. The van der Waals surface area contributed by atoms with E-state index < -0.39 is 24.5 Å². The molecule has 1 aromatic carbocycles. The largest absolute Gasteiger partial charge is 0.387 e. The van der Waals surface area contributed by atoms with Gasteiger partial charge in [-0.2, -0.15) is 0 Å². The number of benzene rings is 1. The van der Waals surface area contributed by atoms with Gasteiger partial charge in [-0.3, -0.25) is 9.36 Å². The Morgan fingerprint density at radius 3 is 2.83 bits per heavy atom. The van der Waals surface area contributed by atoms with Crippen LogP contribution in [0.1, 0.15) is 24.6 Å². The van der Waals surface area contributed by atoms with Crippen molar-refractivity contribution >= 4 is 33.8 Å². The van der Waals surface area contributed by atoms with Gasteiger partial charge in [-0.15, -0.1) is 0 Å². The van der Waals surface area contributed by atoms with Gasteiger partial charge in [-0.25, -0.2) is 15.0 Å². The van der Waals surface area contributed by atoms with Gasteiger partial charge >= 0.3 is 0 Å². The molecule has 4 atom stereocenters. The van der Waals surface area contributed by atoms with E-state index >= 15 is 0 Å². The Morgan fingerprint density at radius 1 is 1.17 bits per heavy atom. The van der Waals surface area contributed by atoms with Crippen molar-refractivity contribution in [2.24, 2.45) is 0 Å². The number of carbonyl (C=O) groups excluding carboxylic acids is 1. The van der Waals surface area contributed by atoms with Crippen LogP contribution in [0.5, 0.6) is 0 Å². The van der Waals surface area contributed by atoms with Crippen molar-refractivity contribution in [2.45, 2.75) is 56.5 Å². The summed E-state index contributed by atoms with van der Waals surface area (Å²) in [6.07, 6.45) is 3.09. The number of nitrogens with zero attached hydrogens (tertiary/aromatic N) is 5. The normalized spacial score (nSPS) is 24.1. The Hall–Kier alpha value is -3.58. The number of imidazole rings is 1. The van der Waals surface area contributed by atoms with Crippen molar-refractivity contribution in [1.82, 2.24) is 34.7 Å². The number of aromatic nitrogens is 5. The Morgan fingerprint density at radius 2 is 2.00 bits per heavy atom. The number of nitrogens with two attached hydrogens (primary N) is 1. The molecule has 4 aromatic rings. The summed E-state index contributed by atoms with van der Waals surface area (Å²) in [4.78, 5) is 24.7. The SMILES string of the molecule is Nc1ncnc2c1ncn2[C@@H]1O[C@H](CNCc2cn(CC(=O)NC3CC3)c3ccccc23)[C@@H](O)[C@H]1O. The van der Waals surface area contributed by atoms with Gasteiger partial charge in [0.25, 0.3) is 0 Å². The molecule has 0 bridgehead atoms. The smallest absolute Gasteiger partial charge is 0.240 e. The maximum Gasteiger partial charge on any atom is 0.240 e. The van der Waals surface area contributed by atoms with Crippen LogP contribution >= 0.6 is 0 Å². The molecule has 1 aliphatic carbocycles. The number of nitrogens with one attached hydrogen (secondary N) is 2. The summed E-state index contributed by atoms with van der Waals surface area (Å²) in [5.41, 5.74) is 8.70. The number of ether oxygens (including phenoxy) is 1. The minimum Gasteiger partial charge on any atom is -0.387 e. The molecular formula is C24H28N8O4. The maximum absolute atomic E-state index is 12.4.